The van der Waals surface area contributed by atoms with E-state index < -0.39 is 6.36 Å². The minimum Gasteiger partial charge on any atom is -0.406 e. The van der Waals surface area contributed by atoms with Gasteiger partial charge < -0.3 is 10.1 Å². The van der Waals surface area contributed by atoms with Crippen molar-refractivity contribution in [1.29, 1.82) is 0 Å². The quantitative estimate of drug-likeness (QED) is 0.308. The Hall–Kier alpha value is -3.91. The van der Waals surface area contributed by atoms with Crippen molar-refractivity contribution < 1.29 is 22.7 Å². The second-order valence-corrected chi connectivity index (χ2v) is 9.24. The molecule has 0 unspecified atom stereocenters. The van der Waals surface area contributed by atoms with Gasteiger partial charge in [0.15, 0.2) is 0 Å². The highest BCUT2D eigenvalue weighted by Crippen LogP contribution is 2.28. The third-order valence-corrected chi connectivity index (χ3v) is 6.58. The molecular formula is C29H26F3N3O2. The molecule has 2 heterocycles. The van der Waals surface area contributed by atoms with Crippen LogP contribution in [0.1, 0.15) is 34.3 Å². The smallest absolute Gasteiger partial charge is 0.406 e. The maximum Gasteiger partial charge on any atom is 0.573 e. The number of nitrogens with one attached hydrogen (secondary N) is 1. The zero-order chi connectivity index (χ0) is 26.0. The first kappa shape index (κ1) is 24.8. The van der Waals surface area contributed by atoms with Gasteiger partial charge in [-0.05, 0) is 91.5 Å². The first-order chi connectivity index (χ1) is 17.7. The number of hydrogen-bond acceptors (Lipinski definition) is 4. The molecule has 5 nitrogen and oxygen atoms in total. The lowest BCUT2D eigenvalue weighted by Gasteiger charge is -2.15. The van der Waals surface area contributed by atoms with E-state index in [1.54, 1.807) is 24.3 Å². The molecule has 1 aliphatic rings. The molecular weight excluding hydrogens is 479 g/mol. The highest BCUT2D eigenvalue weighted by Gasteiger charge is 2.31. The first-order valence-electron chi connectivity index (χ1n) is 12.1. The Morgan fingerprint density at radius 2 is 1.62 bits per heavy atom. The van der Waals surface area contributed by atoms with E-state index in [1.807, 2.05) is 25.3 Å². The van der Waals surface area contributed by atoms with Gasteiger partial charge in [0, 0.05) is 29.4 Å². The van der Waals surface area contributed by atoms with Crippen LogP contribution in [0, 0.1) is 6.92 Å². The van der Waals surface area contributed by atoms with Crippen LogP contribution in [0.2, 0.25) is 0 Å². The van der Waals surface area contributed by atoms with Gasteiger partial charge in [-0.15, -0.1) is 13.2 Å². The molecule has 0 saturated carbocycles. The molecule has 1 amide bonds. The summed E-state index contributed by atoms with van der Waals surface area (Å²) >= 11 is 0. The number of hydrogen-bond donors (Lipinski definition) is 1. The van der Waals surface area contributed by atoms with Crippen LogP contribution in [-0.4, -0.2) is 35.2 Å². The number of amides is 1. The summed E-state index contributed by atoms with van der Waals surface area (Å²) in [6, 6.07) is 18.5. The van der Waals surface area contributed by atoms with Gasteiger partial charge in [-0.3, -0.25) is 14.7 Å². The maximum atomic E-state index is 12.9. The number of carbonyl (C=O) groups excluding carboxylic acids is 1. The van der Waals surface area contributed by atoms with Crippen LogP contribution in [0.25, 0.3) is 22.0 Å². The van der Waals surface area contributed by atoms with Crippen molar-refractivity contribution in [3.63, 3.8) is 0 Å². The summed E-state index contributed by atoms with van der Waals surface area (Å²) < 4.78 is 41.0. The molecule has 8 heteroatoms. The third-order valence-electron chi connectivity index (χ3n) is 6.58. The normalized spacial score (nSPS) is 14.2. The number of halogens is 3. The van der Waals surface area contributed by atoms with Gasteiger partial charge >= 0.3 is 6.36 Å². The average Bonchev–Trinajstić information content (AvgIpc) is 3.38. The second kappa shape index (κ2) is 10.2. The minimum atomic E-state index is -4.73. The predicted octanol–water partition coefficient (Wildman–Crippen LogP) is 6.96. The Kier molecular flexibility index (Phi) is 6.84. The monoisotopic (exact) mass is 505 g/mol. The molecule has 3 aromatic carbocycles. The zero-order valence-corrected chi connectivity index (χ0v) is 20.3. The molecule has 1 aliphatic heterocycles. The number of aromatic nitrogens is 1. The van der Waals surface area contributed by atoms with E-state index in [9.17, 15) is 18.0 Å². The van der Waals surface area contributed by atoms with Crippen LogP contribution >= 0.6 is 0 Å². The van der Waals surface area contributed by atoms with Crippen molar-refractivity contribution in [3.8, 4) is 16.9 Å². The Morgan fingerprint density at radius 3 is 2.27 bits per heavy atom. The molecule has 1 saturated heterocycles. The molecule has 0 atom stereocenters. The highest BCUT2D eigenvalue weighted by atomic mass is 19.4. The number of benzene rings is 3. The van der Waals surface area contributed by atoms with Crippen molar-refractivity contribution in [3.05, 3.63) is 89.6 Å². The topological polar surface area (TPSA) is 54.5 Å². The lowest BCUT2D eigenvalue weighted by Crippen LogP contribution is -2.18. The van der Waals surface area contributed by atoms with Crippen LogP contribution in [-0.2, 0) is 6.54 Å². The summed E-state index contributed by atoms with van der Waals surface area (Å²) in [5.41, 5.74) is 5.59. The van der Waals surface area contributed by atoms with Crippen molar-refractivity contribution in [2.45, 2.75) is 32.7 Å². The molecule has 1 fully saturated rings. The molecule has 190 valence electrons. The van der Waals surface area contributed by atoms with Crippen LogP contribution in [0.3, 0.4) is 0 Å². The van der Waals surface area contributed by atoms with Crippen molar-refractivity contribution in [1.82, 2.24) is 9.88 Å². The number of aryl methyl sites for hydroxylation is 1. The molecule has 0 radical (unpaired) electrons. The van der Waals surface area contributed by atoms with E-state index in [0.717, 1.165) is 41.7 Å². The predicted molar refractivity (Wildman–Crippen MR) is 138 cm³/mol. The van der Waals surface area contributed by atoms with E-state index in [1.165, 1.54) is 42.7 Å². The van der Waals surface area contributed by atoms with E-state index in [-0.39, 0.29) is 11.7 Å². The number of alkyl halides is 3. The number of fused-ring (bicyclic) bond motifs is 1. The Labute approximate surface area is 212 Å². The second-order valence-electron chi connectivity index (χ2n) is 9.24. The van der Waals surface area contributed by atoms with E-state index in [2.05, 4.69) is 26.0 Å². The van der Waals surface area contributed by atoms with Gasteiger partial charge in [-0.1, -0.05) is 30.3 Å². The van der Waals surface area contributed by atoms with Crippen molar-refractivity contribution in [2.24, 2.45) is 0 Å². The number of anilines is 1. The van der Waals surface area contributed by atoms with Gasteiger partial charge in [0.25, 0.3) is 5.91 Å². The molecule has 1 aromatic heterocycles. The van der Waals surface area contributed by atoms with E-state index >= 15 is 0 Å². The standard InChI is InChI=1S/C29H26F3N3O2/c1-19-26(13-10-24-16-20(17-33-27(19)24)18-35-14-2-3-15-35)34-28(36)23-6-4-21(5-7-23)22-8-11-25(12-9-22)37-29(30,31)32/h4-13,16-17H,2-3,14-15,18H2,1H3,(H,34,36). The maximum absolute atomic E-state index is 12.9. The number of nitrogens with zero attached hydrogens (tertiary/aromatic N) is 2. The molecule has 1 N–H and O–H groups in total. The summed E-state index contributed by atoms with van der Waals surface area (Å²) in [5, 5.41) is 4.01. The number of ether oxygens (including phenoxy) is 1. The number of carbonyl (C=O) groups is 1. The molecule has 37 heavy (non-hydrogen) atoms. The minimum absolute atomic E-state index is 0.256. The number of rotatable bonds is 6. The number of pyridine rings is 1. The highest BCUT2D eigenvalue weighted by molar-refractivity contribution is 6.06. The first-order valence-corrected chi connectivity index (χ1v) is 12.1. The summed E-state index contributed by atoms with van der Waals surface area (Å²) in [6.45, 7) is 5.11. The summed E-state index contributed by atoms with van der Waals surface area (Å²) in [4.78, 5) is 20.0. The Morgan fingerprint density at radius 1 is 0.973 bits per heavy atom. The van der Waals surface area contributed by atoms with Crippen LogP contribution in [0.15, 0.2) is 72.9 Å². The van der Waals surface area contributed by atoms with Gasteiger partial charge in [0.05, 0.1) is 5.52 Å². The molecule has 0 aliphatic carbocycles. The largest absolute Gasteiger partial charge is 0.573 e. The van der Waals surface area contributed by atoms with E-state index in [4.69, 9.17) is 0 Å². The van der Waals surface area contributed by atoms with Crippen LogP contribution in [0.5, 0.6) is 5.75 Å². The Bertz CT molecular complexity index is 1410. The molecule has 5 rings (SSSR count). The summed E-state index contributed by atoms with van der Waals surface area (Å²) in [7, 11) is 0. The van der Waals surface area contributed by atoms with Crippen LogP contribution < -0.4 is 10.1 Å². The van der Waals surface area contributed by atoms with E-state index in [0.29, 0.717) is 16.8 Å². The molecule has 0 spiro atoms. The van der Waals surface area contributed by atoms with Gasteiger partial charge in [0.1, 0.15) is 5.75 Å². The SMILES string of the molecule is Cc1c(NC(=O)c2ccc(-c3ccc(OC(F)(F)F)cc3)cc2)ccc2cc(CN3CCCC3)cnc12. The van der Waals surface area contributed by atoms with Gasteiger partial charge in [-0.2, -0.15) is 0 Å². The van der Waals surface area contributed by atoms with Gasteiger partial charge in [0.2, 0.25) is 0 Å². The van der Waals surface area contributed by atoms with Crippen molar-refractivity contribution in [2.75, 3.05) is 18.4 Å². The fraction of sp³-hybridized carbons (Fsp3) is 0.241. The summed E-state index contributed by atoms with van der Waals surface area (Å²) in [6.07, 6.45) is -0.314. The average molecular weight is 506 g/mol. The third kappa shape index (κ3) is 5.91. The fourth-order valence-electron chi connectivity index (χ4n) is 4.67. The summed E-state index contributed by atoms with van der Waals surface area (Å²) in [5.74, 6) is -0.538. The molecule has 0 bridgehead atoms. The Balaban J connectivity index is 1.27. The lowest BCUT2D eigenvalue weighted by molar-refractivity contribution is -0.274. The van der Waals surface area contributed by atoms with Crippen molar-refractivity contribution >= 4 is 22.5 Å². The number of likely N-dealkylation sites (tertiary alicyclic amines) is 1. The van der Waals surface area contributed by atoms with Crippen LogP contribution in [0.4, 0.5) is 18.9 Å². The fourth-order valence-corrected chi connectivity index (χ4v) is 4.67. The molecule has 4 aromatic rings. The zero-order valence-electron chi connectivity index (χ0n) is 20.3. The lowest BCUT2D eigenvalue weighted by atomic mass is 10.0. The van der Waals surface area contributed by atoms with Gasteiger partial charge in [-0.25, -0.2) is 0 Å².